The van der Waals surface area contributed by atoms with Gasteiger partial charge in [0, 0.05) is 11.7 Å². The molecule has 0 unspecified atom stereocenters. The highest BCUT2D eigenvalue weighted by atomic mass is 32.2. The summed E-state index contributed by atoms with van der Waals surface area (Å²) >= 11 is 1.50. The van der Waals surface area contributed by atoms with E-state index >= 15 is 0 Å². The molecule has 1 heterocycles. The Morgan fingerprint density at radius 3 is 2.73 bits per heavy atom. The molecule has 0 radical (unpaired) electrons. The number of nitrogen functional groups attached to an aromatic ring is 1. The van der Waals surface area contributed by atoms with E-state index < -0.39 is 0 Å². The average molecular weight is 316 g/mol. The molecular formula is C16H17FN4S. The number of nitrogens with two attached hydrogens (primary N) is 1. The SMILES string of the molecule is CC[C@H](C)Sc1nc(N)c(C#N)c(Cc2ccccc2F)n1. The van der Waals surface area contributed by atoms with E-state index in [1.165, 1.54) is 17.8 Å². The summed E-state index contributed by atoms with van der Waals surface area (Å²) in [4.78, 5) is 8.58. The first-order valence-electron chi connectivity index (χ1n) is 7.01. The fourth-order valence-electron chi connectivity index (χ4n) is 1.89. The van der Waals surface area contributed by atoms with Gasteiger partial charge in [0.1, 0.15) is 23.3 Å². The third kappa shape index (κ3) is 3.74. The maximum Gasteiger partial charge on any atom is 0.190 e. The van der Waals surface area contributed by atoms with Gasteiger partial charge in [-0.25, -0.2) is 14.4 Å². The van der Waals surface area contributed by atoms with E-state index in [0.29, 0.717) is 21.7 Å². The van der Waals surface area contributed by atoms with Crippen molar-refractivity contribution in [3.63, 3.8) is 0 Å². The molecule has 2 N–H and O–H groups in total. The Balaban J connectivity index is 2.40. The van der Waals surface area contributed by atoms with Crippen molar-refractivity contribution < 1.29 is 4.39 Å². The van der Waals surface area contributed by atoms with Crippen LogP contribution in [0.3, 0.4) is 0 Å². The van der Waals surface area contributed by atoms with Crippen molar-refractivity contribution >= 4 is 17.6 Å². The molecule has 0 bridgehead atoms. The minimum Gasteiger partial charge on any atom is -0.382 e. The maximum absolute atomic E-state index is 13.8. The molecule has 1 aromatic carbocycles. The van der Waals surface area contributed by atoms with Gasteiger partial charge in [-0.3, -0.25) is 0 Å². The van der Waals surface area contributed by atoms with Crippen molar-refractivity contribution in [2.75, 3.05) is 5.73 Å². The Hall–Kier alpha value is -2.13. The van der Waals surface area contributed by atoms with E-state index in [4.69, 9.17) is 5.73 Å². The number of benzene rings is 1. The number of nitrogens with zero attached hydrogens (tertiary/aromatic N) is 3. The van der Waals surface area contributed by atoms with Crippen molar-refractivity contribution in [2.24, 2.45) is 0 Å². The van der Waals surface area contributed by atoms with Crippen LogP contribution in [0.15, 0.2) is 29.4 Å². The van der Waals surface area contributed by atoms with Gasteiger partial charge in [-0.05, 0) is 18.1 Å². The molecule has 4 nitrogen and oxygen atoms in total. The third-order valence-electron chi connectivity index (χ3n) is 3.30. The van der Waals surface area contributed by atoms with Crippen LogP contribution in [0, 0.1) is 17.1 Å². The topological polar surface area (TPSA) is 75.6 Å². The minimum absolute atomic E-state index is 0.148. The number of halogens is 1. The van der Waals surface area contributed by atoms with Crippen molar-refractivity contribution in [1.29, 1.82) is 5.26 Å². The van der Waals surface area contributed by atoms with Crippen molar-refractivity contribution in [2.45, 2.75) is 37.1 Å². The molecule has 2 aromatic rings. The van der Waals surface area contributed by atoms with E-state index in [9.17, 15) is 9.65 Å². The van der Waals surface area contributed by atoms with Gasteiger partial charge in [-0.2, -0.15) is 5.26 Å². The number of rotatable bonds is 5. The van der Waals surface area contributed by atoms with Crippen molar-refractivity contribution in [1.82, 2.24) is 9.97 Å². The molecule has 2 rings (SSSR count). The van der Waals surface area contributed by atoms with E-state index in [1.807, 2.05) is 6.07 Å². The molecule has 0 spiro atoms. The van der Waals surface area contributed by atoms with Crippen LogP contribution in [0.2, 0.25) is 0 Å². The van der Waals surface area contributed by atoms with Crippen LogP contribution in [0.5, 0.6) is 0 Å². The van der Waals surface area contributed by atoms with Crippen LogP contribution in [0.1, 0.15) is 37.1 Å². The molecule has 1 atom stereocenters. The van der Waals surface area contributed by atoms with Crippen LogP contribution in [0.4, 0.5) is 10.2 Å². The van der Waals surface area contributed by atoms with Crippen LogP contribution in [-0.4, -0.2) is 15.2 Å². The highest BCUT2D eigenvalue weighted by Gasteiger charge is 2.15. The van der Waals surface area contributed by atoms with Crippen LogP contribution < -0.4 is 5.73 Å². The normalized spacial score (nSPS) is 11.9. The number of hydrogen-bond acceptors (Lipinski definition) is 5. The van der Waals surface area contributed by atoms with Gasteiger partial charge < -0.3 is 5.73 Å². The molecule has 6 heteroatoms. The van der Waals surface area contributed by atoms with E-state index in [2.05, 4.69) is 23.8 Å². The Morgan fingerprint density at radius 1 is 1.36 bits per heavy atom. The zero-order chi connectivity index (χ0) is 16.1. The Labute approximate surface area is 133 Å². The molecule has 114 valence electrons. The zero-order valence-electron chi connectivity index (χ0n) is 12.5. The van der Waals surface area contributed by atoms with Crippen LogP contribution in [-0.2, 0) is 6.42 Å². The summed E-state index contributed by atoms with van der Waals surface area (Å²) < 4.78 is 13.8. The van der Waals surface area contributed by atoms with Crippen LogP contribution in [0.25, 0.3) is 0 Å². The van der Waals surface area contributed by atoms with Crippen LogP contribution >= 0.6 is 11.8 Å². The Bertz CT molecular complexity index is 712. The van der Waals surface area contributed by atoms with Crippen molar-refractivity contribution in [3.05, 3.63) is 46.9 Å². The average Bonchev–Trinajstić information content (AvgIpc) is 2.49. The lowest BCUT2D eigenvalue weighted by Gasteiger charge is -2.11. The number of aromatic nitrogens is 2. The van der Waals surface area contributed by atoms with Gasteiger partial charge in [0.15, 0.2) is 5.16 Å². The zero-order valence-corrected chi connectivity index (χ0v) is 13.3. The second-order valence-electron chi connectivity index (χ2n) is 4.93. The van der Waals surface area contributed by atoms with Gasteiger partial charge in [-0.15, -0.1) is 0 Å². The lowest BCUT2D eigenvalue weighted by atomic mass is 10.1. The standard InChI is InChI=1S/C16H17FN4S/c1-3-10(2)22-16-20-14(12(9-18)15(19)21-16)8-11-6-4-5-7-13(11)17/h4-7,10H,3,8H2,1-2H3,(H2,19,20,21)/t10-/m0/s1. The first-order valence-corrected chi connectivity index (χ1v) is 7.89. The van der Waals surface area contributed by atoms with E-state index in [0.717, 1.165) is 6.42 Å². The fourth-order valence-corrected chi connectivity index (χ4v) is 2.73. The number of anilines is 1. The van der Waals surface area contributed by atoms with Gasteiger partial charge in [0.05, 0.1) is 5.69 Å². The van der Waals surface area contributed by atoms with E-state index in [-0.39, 0.29) is 23.6 Å². The highest BCUT2D eigenvalue weighted by Crippen LogP contribution is 2.26. The second-order valence-corrected chi connectivity index (χ2v) is 6.34. The predicted octanol–water partition coefficient (Wildman–Crippen LogP) is 3.55. The van der Waals surface area contributed by atoms with E-state index in [1.54, 1.807) is 18.2 Å². The number of hydrogen-bond donors (Lipinski definition) is 1. The first-order chi connectivity index (χ1) is 10.5. The molecular weight excluding hydrogens is 299 g/mol. The van der Waals surface area contributed by atoms with Crippen molar-refractivity contribution in [3.8, 4) is 6.07 Å². The molecule has 0 saturated carbocycles. The summed E-state index contributed by atoms with van der Waals surface area (Å²) in [7, 11) is 0. The molecule has 22 heavy (non-hydrogen) atoms. The first kappa shape index (κ1) is 16.2. The monoisotopic (exact) mass is 316 g/mol. The summed E-state index contributed by atoms with van der Waals surface area (Å²) in [6, 6.07) is 8.46. The highest BCUT2D eigenvalue weighted by molar-refractivity contribution is 7.99. The Kier molecular flexibility index (Phi) is 5.34. The van der Waals surface area contributed by atoms with Gasteiger partial charge in [-0.1, -0.05) is 43.8 Å². The summed E-state index contributed by atoms with van der Waals surface area (Å²) in [6.45, 7) is 4.14. The molecule has 0 aliphatic heterocycles. The Morgan fingerprint density at radius 2 is 2.09 bits per heavy atom. The number of nitriles is 1. The molecule has 0 amide bonds. The number of thioether (sulfide) groups is 1. The lowest BCUT2D eigenvalue weighted by Crippen LogP contribution is -2.08. The quantitative estimate of drug-likeness (QED) is 0.674. The fraction of sp³-hybridized carbons (Fsp3) is 0.312. The molecule has 1 aromatic heterocycles. The molecule has 0 fully saturated rings. The van der Waals surface area contributed by atoms with Gasteiger partial charge >= 0.3 is 0 Å². The molecule has 0 aliphatic rings. The molecule has 0 saturated heterocycles. The largest absolute Gasteiger partial charge is 0.382 e. The third-order valence-corrected chi connectivity index (χ3v) is 4.43. The molecule has 0 aliphatic carbocycles. The summed E-state index contributed by atoms with van der Waals surface area (Å²) in [6.07, 6.45) is 1.19. The predicted molar refractivity (Wildman–Crippen MR) is 86.0 cm³/mol. The maximum atomic E-state index is 13.8. The summed E-state index contributed by atoms with van der Waals surface area (Å²) in [5.74, 6) is -0.172. The van der Waals surface area contributed by atoms with Gasteiger partial charge in [0.2, 0.25) is 0 Å². The minimum atomic E-state index is -0.320. The lowest BCUT2D eigenvalue weighted by molar-refractivity contribution is 0.612. The van der Waals surface area contributed by atoms with Gasteiger partial charge in [0.25, 0.3) is 0 Å². The summed E-state index contributed by atoms with van der Waals surface area (Å²) in [5.41, 5.74) is 7.03. The second kappa shape index (κ2) is 7.23. The smallest absolute Gasteiger partial charge is 0.190 e. The summed E-state index contributed by atoms with van der Waals surface area (Å²) in [5, 5.41) is 10.1.